The van der Waals surface area contributed by atoms with Gasteiger partial charge in [0.1, 0.15) is 17.4 Å². The average molecular weight is 469 g/mol. The molecule has 0 bridgehead atoms. The molecule has 9 nitrogen and oxygen atoms in total. The first-order valence-corrected chi connectivity index (χ1v) is 10.9. The highest BCUT2D eigenvalue weighted by Gasteiger charge is 2.56. The molecule has 2 aromatic rings. The normalized spacial score (nSPS) is 20.6. The number of aromatic nitrogens is 3. The third-order valence-electron chi connectivity index (χ3n) is 5.84. The van der Waals surface area contributed by atoms with Crippen molar-refractivity contribution in [2.24, 2.45) is 17.6 Å². The van der Waals surface area contributed by atoms with E-state index in [9.17, 15) is 26.7 Å². The Labute approximate surface area is 175 Å². The van der Waals surface area contributed by atoms with E-state index in [1.807, 2.05) is 16.5 Å². The molecular formula is C16H20ClF3N6O3S. The van der Waals surface area contributed by atoms with E-state index in [0.29, 0.717) is 46.6 Å². The van der Waals surface area contributed by atoms with Gasteiger partial charge in [0.05, 0.1) is 11.6 Å². The van der Waals surface area contributed by atoms with Gasteiger partial charge in [0.15, 0.2) is 11.9 Å². The first-order valence-electron chi connectivity index (χ1n) is 9.06. The van der Waals surface area contributed by atoms with Gasteiger partial charge in [-0.1, -0.05) is 11.6 Å². The van der Waals surface area contributed by atoms with E-state index in [4.69, 9.17) is 16.7 Å². The van der Waals surface area contributed by atoms with E-state index in [2.05, 4.69) is 9.97 Å². The van der Waals surface area contributed by atoms with Crippen LogP contribution in [0.1, 0.15) is 12.8 Å². The van der Waals surface area contributed by atoms with Gasteiger partial charge >= 0.3 is 6.18 Å². The van der Waals surface area contributed by atoms with Crippen molar-refractivity contribution in [2.75, 3.05) is 24.5 Å². The van der Waals surface area contributed by atoms with Crippen molar-refractivity contribution < 1.29 is 26.7 Å². The molecule has 1 spiro atoms. The third kappa shape index (κ3) is 3.62. The number of rotatable bonds is 5. The lowest BCUT2D eigenvalue weighted by atomic mass is 9.60. The number of anilines is 1. The number of nitrogens with two attached hydrogens (primary N) is 1. The predicted octanol–water partition coefficient (Wildman–Crippen LogP) is 1.02. The second kappa shape index (κ2) is 6.92. The Bertz CT molecular complexity index is 1080. The summed E-state index contributed by atoms with van der Waals surface area (Å²) in [6.45, 7) is 0.0264. The molecule has 14 heteroatoms. The van der Waals surface area contributed by atoms with Crippen molar-refractivity contribution in [1.82, 2.24) is 18.8 Å². The average Bonchev–Trinajstić information content (AvgIpc) is 2.84. The maximum absolute atomic E-state index is 12.7. The smallest absolute Gasteiger partial charge is 0.382 e. The standard InChI is InChI=1S/C16H20ClF3N6O3S/c1-24-4-10(17)12-13(24)14(23-8-22-12)25-6-15(7-25)2-9(3-15)26(30(21,28)29)5-11(27)16(18,19)20/h4,8-9,11,27H,2-3,5-7H2,1H3,(H2,21,28,29). The van der Waals surface area contributed by atoms with Crippen LogP contribution >= 0.6 is 11.6 Å². The Balaban J connectivity index is 1.45. The van der Waals surface area contributed by atoms with E-state index in [1.165, 1.54) is 6.33 Å². The zero-order chi connectivity index (χ0) is 22.1. The minimum atomic E-state index is -4.92. The molecule has 4 rings (SSSR count). The zero-order valence-electron chi connectivity index (χ0n) is 15.8. The third-order valence-corrected chi connectivity index (χ3v) is 7.22. The lowest BCUT2D eigenvalue weighted by Crippen LogP contribution is -2.68. The maximum atomic E-state index is 12.7. The van der Waals surface area contributed by atoms with Crippen LogP contribution in [0.25, 0.3) is 11.0 Å². The summed E-state index contributed by atoms with van der Waals surface area (Å²) in [6, 6.07) is -0.686. The highest BCUT2D eigenvalue weighted by molar-refractivity contribution is 7.86. The van der Waals surface area contributed by atoms with Crippen LogP contribution in [0.5, 0.6) is 0 Å². The predicted molar refractivity (Wildman–Crippen MR) is 103 cm³/mol. The van der Waals surface area contributed by atoms with E-state index in [0.717, 1.165) is 5.52 Å². The SMILES string of the molecule is Cn1cc(Cl)c2ncnc(N3CC4(CC(N(CC(O)C(F)(F)F)S(N)(=O)=O)C4)C3)c21. The van der Waals surface area contributed by atoms with Crippen molar-refractivity contribution in [2.45, 2.75) is 31.2 Å². The summed E-state index contributed by atoms with van der Waals surface area (Å²) >= 11 is 6.18. The van der Waals surface area contributed by atoms with Crippen LogP contribution in [-0.4, -0.2) is 70.3 Å². The number of halogens is 4. The van der Waals surface area contributed by atoms with E-state index in [-0.39, 0.29) is 5.41 Å². The van der Waals surface area contributed by atoms with E-state index in [1.54, 1.807) is 6.20 Å². The fourth-order valence-corrected chi connectivity index (χ4v) is 5.64. The monoisotopic (exact) mass is 468 g/mol. The van der Waals surface area contributed by atoms with Gasteiger partial charge in [0.2, 0.25) is 0 Å². The van der Waals surface area contributed by atoms with Crippen molar-refractivity contribution in [1.29, 1.82) is 0 Å². The Morgan fingerprint density at radius 3 is 2.60 bits per heavy atom. The van der Waals surface area contributed by atoms with Crippen LogP contribution in [0.4, 0.5) is 19.0 Å². The molecule has 166 valence electrons. The summed E-state index contributed by atoms with van der Waals surface area (Å²) in [5, 5.41) is 14.9. The van der Waals surface area contributed by atoms with Gasteiger partial charge in [-0.05, 0) is 12.8 Å². The van der Waals surface area contributed by atoms with Gasteiger partial charge in [-0.2, -0.15) is 25.9 Å². The molecule has 2 aliphatic rings. The highest BCUT2D eigenvalue weighted by atomic mass is 35.5. The first kappa shape index (κ1) is 21.6. The van der Waals surface area contributed by atoms with Gasteiger partial charge < -0.3 is 14.6 Å². The molecule has 0 amide bonds. The Morgan fingerprint density at radius 2 is 2.03 bits per heavy atom. The van der Waals surface area contributed by atoms with Crippen molar-refractivity contribution in [3.8, 4) is 0 Å². The van der Waals surface area contributed by atoms with Gasteiger partial charge in [-0.25, -0.2) is 15.1 Å². The second-order valence-electron chi connectivity index (χ2n) is 8.07. The van der Waals surface area contributed by atoms with Crippen LogP contribution in [0.3, 0.4) is 0 Å². The number of alkyl halides is 3. The Hall–Kier alpha value is -1.67. The highest BCUT2D eigenvalue weighted by Crippen LogP contribution is 2.52. The van der Waals surface area contributed by atoms with Gasteiger partial charge in [0.25, 0.3) is 10.2 Å². The number of aliphatic hydroxyl groups is 1. The summed E-state index contributed by atoms with van der Waals surface area (Å²) in [6.07, 6.45) is -3.86. The molecule has 0 aromatic carbocycles. The van der Waals surface area contributed by atoms with Crippen LogP contribution in [0, 0.1) is 5.41 Å². The molecule has 2 fully saturated rings. The molecule has 1 saturated carbocycles. The minimum absolute atomic E-state index is 0.233. The molecule has 0 radical (unpaired) electrons. The molecular weight excluding hydrogens is 449 g/mol. The lowest BCUT2D eigenvalue weighted by Gasteiger charge is -2.60. The van der Waals surface area contributed by atoms with Crippen molar-refractivity contribution >= 4 is 38.7 Å². The summed E-state index contributed by atoms with van der Waals surface area (Å²) in [5.41, 5.74) is 1.16. The molecule has 30 heavy (non-hydrogen) atoms. The van der Waals surface area contributed by atoms with Crippen LogP contribution in [-0.2, 0) is 17.3 Å². The first-order chi connectivity index (χ1) is 13.8. The largest absolute Gasteiger partial charge is 0.415 e. The Kier molecular flexibility index (Phi) is 4.97. The molecule has 1 unspecified atom stereocenters. The number of aryl methyl sites for hydroxylation is 1. The number of fused-ring (bicyclic) bond motifs is 1. The molecule has 2 aromatic heterocycles. The fraction of sp³-hybridized carbons (Fsp3) is 0.625. The van der Waals surface area contributed by atoms with Gasteiger partial charge in [0, 0.05) is 37.8 Å². The van der Waals surface area contributed by atoms with Crippen molar-refractivity contribution in [3.63, 3.8) is 0 Å². The number of hydrogen-bond donors (Lipinski definition) is 2. The van der Waals surface area contributed by atoms with Gasteiger partial charge in [-0.3, -0.25) is 0 Å². The maximum Gasteiger partial charge on any atom is 0.415 e. The fourth-order valence-electron chi connectivity index (χ4n) is 4.45. The molecule has 3 heterocycles. The summed E-state index contributed by atoms with van der Waals surface area (Å²) in [5.74, 6) is 0.694. The summed E-state index contributed by atoms with van der Waals surface area (Å²) in [7, 11) is -2.57. The van der Waals surface area contributed by atoms with E-state index < -0.39 is 35.1 Å². The second-order valence-corrected chi connectivity index (χ2v) is 9.98. The number of hydrogen-bond acceptors (Lipinski definition) is 6. The van der Waals surface area contributed by atoms with Crippen LogP contribution in [0.2, 0.25) is 5.02 Å². The molecule has 3 N–H and O–H groups in total. The Morgan fingerprint density at radius 1 is 1.40 bits per heavy atom. The lowest BCUT2D eigenvalue weighted by molar-refractivity contribution is -0.207. The quantitative estimate of drug-likeness (QED) is 0.676. The molecule has 1 aliphatic carbocycles. The van der Waals surface area contributed by atoms with Gasteiger partial charge in [-0.15, -0.1) is 0 Å². The summed E-state index contributed by atoms with van der Waals surface area (Å²) in [4.78, 5) is 10.5. The topological polar surface area (TPSA) is 118 Å². The van der Waals surface area contributed by atoms with Crippen LogP contribution in [0.15, 0.2) is 12.5 Å². The van der Waals surface area contributed by atoms with E-state index >= 15 is 0 Å². The number of nitrogens with zero attached hydrogens (tertiary/aromatic N) is 5. The molecule has 1 aliphatic heterocycles. The molecule has 1 atom stereocenters. The van der Waals surface area contributed by atoms with Crippen LogP contribution < -0.4 is 10.0 Å². The minimum Gasteiger partial charge on any atom is -0.382 e. The zero-order valence-corrected chi connectivity index (χ0v) is 17.4. The molecule has 1 saturated heterocycles. The summed E-state index contributed by atoms with van der Waals surface area (Å²) < 4.78 is 64.0. The number of aliphatic hydroxyl groups excluding tert-OH is 1. The van der Waals surface area contributed by atoms with Crippen molar-refractivity contribution in [3.05, 3.63) is 17.5 Å².